The molecule has 2 unspecified atom stereocenters. The van der Waals surface area contributed by atoms with Gasteiger partial charge in [0, 0.05) is 44.8 Å². The molecule has 0 saturated carbocycles. The van der Waals surface area contributed by atoms with Crippen molar-refractivity contribution < 1.29 is 9.32 Å². The van der Waals surface area contributed by atoms with Gasteiger partial charge in [0.2, 0.25) is 0 Å². The molecule has 0 spiro atoms. The van der Waals surface area contributed by atoms with E-state index in [-0.39, 0.29) is 0 Å². The molecule has 1 aromatic heterocycles. The molecule has 6 heteroatoms. The number of benzene rings is 1. The summed E-state index contributed by atoms with van der Waals surface area (Å²) in [5.74, 6) is 0. The summed E-state index contributed by atoms with van der Waals surface area (Å²) in [5.41, 5.74) is 2.40. The highest BCUT2D eigenvalue weighted by atomic mass is 32.2. The Kier molecular flexibility index (Phi) is 8.91. The number of hydrogen-bond donors (Lipinski definition) is 1. The van der Waals surface area contributed by atoms with E-state index in [0.29, 0.717) is 19.6 Å². The van der Waals surface area contributed by atoms with Crippen molar-refractivity contribution >= 4 is 11.0 Å². The standard InChI is InChI=1S/C20H29N3O2S/c1-22(13-10-19-9-6-12-21-15-19)16-20(24)17-23(26(2)25)14-11-18-7-4-3-5-8-18/h3-9,12,15,20,24H,10-11,13-14,16-17H2,1-2H3. The number of aromatic nitrogens is 1. The van der Waals surface area contributed by atoms with Crippen LogP contribution in [0.25, 0.3) is 0 Å². The summed E-state index contributed by atoms with van der Waals surface area (Å²) < 4.78 is 13.8. The molecule has 0 bridgehead atoms. The SMILES string of the molecule is CN(CCc1cccnc1)CC(O)CN(CCc1ccccc1)S(C)=O. The molecule has 5 nitrogen and oxygen atoms in total. The minimum atomic E-state index is -1.10. The number of nitrogens with zero attached hydrogens (tertiary/aromatic N) is 3. The van der Waals surface area contributed by atoms with Crippen LogP contribution in [0.1, 0.15) is 11.1 Å². The molecule has 1 N–H and O–H groups in total. The molecule has 0 aliphatic rings. The highest BCUT2D eigenvalue weighted by Gasteiger charge is 2.16. The van der Waals surface area contributed by atoms with Gasteiger partial charge in [0.1, 0.15) is 0 Å². The second kappa shape index (κ2) is 11.2. The molecule has 1 heterocycles. The predicted molar refractivity (Wildman–Crippen MR) is 107 cm³/mol. The molecule has 1 aromatic carbocycles. The summed E-state index contributed by atoms with van der Waals surface area (Å²) in [5, 5.41) is 10.4. The Morgan fingerprint density at radius 1 is 1.04 bits per heavy atom. The number of pyridine rings is 1. The minimum absolute atomic E-state index is 0.410. The zero-order valence-corrected chi connectivity index (χ0v) is 16.4. The number of aliphatic hydroxyl groups excluding tert-OH is 1. The summed E-state index contributed by atoms with van der Waals surface area (Å²) >= 11 is 0. The summed E-state index contributed by atoms with van der Waals surface area (Å²) in [6.45, 7) is 2.48. The normalized spacial score (nSPS) is 13.9. The lowest BCUT2D eigenvalue weighted by Gasteiger charge is -2.25. The Labute approximate surface area is 159 Å². The molecular formula is C20H29N3O2S. The maximum absolute atomic E-state index is 12.0. The monoisotopic (exact) mass is 375 g/mol. The van der Waals surface area contributed by atoms with Gasteiger partial charge < -0.3 is 10.0 Å². The third-order valence-corrected chi connectivity index (χ3v) is 5.36. The molecule has 0 fully saturated rings. The van der Waals surface area contributed by atoms with Crippen molar-refractivity contribution in [3.63, 3.8) is 0 Å². The zero-order valence-electron chi connectivity index (χ0n) is 15.6. The Morgan fingerprint density at radius 3 is 2.38 bits per heavy atom. The van der Waals surface area contributed by atoms with Crippen LogP contribution in [-0.2, 0) is 23.8 Å². The van der Waals surface area contributed by atoms with Gasteiger partial charge in [-0.15, -0.1) is 0 Å². The molecule has 142 valence electrons. The number of aliphatic hydroxyl groups is 1. The van der Waals surface area contributed by atoms with Crippen LogP contribution in [0.3, 0.4) is 0 Å². The molecule has 0 radical (unpaired) electrons. The molecule has 2 rings (SSSR count). The van der Waals surface area contributed by atoms with Crippen molar-refractivity contribution in [2.24, 2.45) is 0 Å². The maximum Gasteiger partial charge on any atom is 0.0911 e. The average Bonchev–Trinajstić information content (AvgIpc) is 2.65. The largest absolute Gasteiger partial charge is 0.390 e. The molecule has 0 aliphatic carbocycles. The summed E-state index contributed by atoms with van der Waals surface area (Å²) in [6.07, 6.45) is 6.50. The van der Waals surface area contributed by atoms with Gasteiger partial charge in [-0.3, -0.25) is 4.98 Å². The fourth-order valence-electron chi connectivity index (χ4n) is 2.83. The molecule has 0 amide bonds. The van der Waals surface area contributed by atoms with Gasteiger partial charge in [-0.2, -0.15) is 0 Å². The van der Waals surface area contributed by atoms with E-state index in [1.165, 1.54) is 11.1 Å². The van der Waals surface area contributed by atoms with Crippen molar-refractivity contribution in [2.75, 3.05) is 39.5 Å². The van der Waals surface area contributed by atoms with E-state index in [9.17, 15) is 9.32 Å². The third-order valence-electron chi connectivity index (χ3n) is 4.30. The van der Waals surface area contributed by atoms with Gasteiger partial charge in [-0.1, -0.05) is 36.4 Å². The van der Waals surface area contributed by atoms with Crippen LogP contribution in [0, 0.1) is 0 Å². The number of rotatable bonds is 11. The van der Waals surface area contributed by atoms with Crippen LogP contribution < -0.4 is 0 Å². The number of hydrogen-bond acceptors (Lipinski definition) is 4. The fraction of sp³-hybridized carbons (Fsp3) is 0.450. The van der Waals surface area contributed by atoms with Crippen molar-refractivity contribution in [1.82, 2.24) is 14.2 Å². The second-order valence-electron chi connectivity index (χ2n) is 6.57. The van der Waals surface area contributed by atoms with E-state index in [2.05, 4.69) is 28.1 Å². The van der Waals surface area contributed by atoms with Gasteiger partial charge in [0.25, 0.3) is 0 Å². The van der Waals surface area contributed by atoms with Gasteiger partial charge in [-0.05, 0) is 37.1 Å². The lowest BCUT2D eigenvalue weighted by Crippen LogP contribution is -2.40. The molecule has 26 heavy (non-hydrogen) atoms. The van der Waals surface area contributed by atoms with Crippen LogP contribution in [0.2, 0.25) is 0 Å². The first kappa shape index (κ1) is 20.7. The van der Waals surface area contributed by atoms with Gasteiger partial charge >= 0.3 is 0 Å². The first-order valence-corrected chi connectivity index (χ1v) is 10.4. The van der Waals surface area contributed by atoms with Crippen LogP contribution in [0.5, 0.6) is 0 Å². The van der Waals surface area contributed by atoms with Gasteiger partial charge in [-0.25, -0.2) is 8.51 Å². The smallest absolute Gasteiger partial charge is 0.0911 e. The van der Waals surface area contributed by atoms with Crippen molar-refractivity contribution in [3.8, 4) is 0 Å². The molecule has 0 aliphatic heterocycles. The van der Waals surface area contributed by atoms with E-state index in [1.807, 2.05) is 41.8 Å². The van der Waals surface area contributed by atoms with E-state index in [1.54, 1.807) is 12.5 Å². The van der Waals surface area contributed by atoms with Crippen molar-refractivity contribution in [2.45, 2.75) is 18.9 Å². The quantitative estimate of drug-likeness (QED) is 0.650. The minimum Gasteiger partial charge on any atom is -0.390 e. The molecule has 2 atom stereocenters. The summed E-state index contributed by atoms with van der Waals surface area (Å²) in [7, 11) is 0.898. The second-order valence-corrected chi connectivity index (χ2v) is 7.94. The summed E-state index contributed by atoms with van der Waals surface area (Å²) in [4.78, 5) is 6.22. The first-order chi connectivity index (χ1) is 12.5. The first-order valence-electron chi connectivity index (χ1n) is 8.92. The Morgan fingerprint density at radius 2 is 1.73 bits per heavy atom. The van der Waals surface area contributed by atoms with Crippen LogP contribution in [-0.4, -0.2) is 69.1 Å². The highest BCUT2D eigenvalue weighted by molar-refractivity contribution is 7.81. The average molecular weight is 376 g/mol. The molecule has 0 saturated heterocycles. The topological polar surface area (TPSA) is 56.7 Å². The van der Waals surface area contributed by atoms with E-state index < -0.39 is 17.1 Å². The van der Waals surface area contributed by atoms with Crippen molar-refractivity contribution in [3.05, 3.63) is 66.0 Å². The van der Waals surface area contributed by atoms with Crippen molar-refractivity contribution in [1.29, 1.82) is 0 Å². The maximum atomic E-state index is 12.0. The molecular weight excluding hydrogens is 346 g/mol. The Balaban J connectivity index is 1.75. The van der Waals surface area contributed by atoms with E-state index in [0.717, 1.165) is 19.4 Å². The Bertz CT molecular complexity index is 655. The zero-order chi connectivity index (χ0) is 18.8. The van der Waals surface area contributed by atoms with E-state index >= 15 is 0 Å². The Hall–Kier alpha value is -1.60. The third kappa shape index (κ3) is 7.74. The lowest BCUT2D eigenvalue weighted by molar-refractivity contribution is 0.107. The van der Waals surface area contributed by atoms with E-state index in [4.69, 9.17) is 0 Å². The van der Waals surface area contributed by atoms with Crippen LogP contribution in [0.4, 0.5) is 0 Å². The van der Waals surface area contributed by atoms with Crippen LogP contribution in [0.15, 0.2) is 54.9 Å². The number of likely N-dealkylation sites (N-methyl/N-ethyl adjacent to an activating group) is 1. The fourth-order valence-corrected chi connectivity index (χ4v) is 3.56. The van der Waals surface area contributed by atoms with Gasteiger partial charge in [0.05, 0.1) is 17.1 Å². The summed E-state index contributed by atoms with van der Waals surface area (Å²) in [6, 6.07) is 14.1. The highest BCUT2D eigenvalue weighted by Crippen LogP contribution is 2.05. The van der Waals surface area contributed by atoms with Gasteiger partial charge in [0.15, 0.2) is 0 Å². The van der Waals surface area contributed by atoms with Crippen LogP contribution >= 0.6 is 0 Å². The lowest BCUT2D eigenvalue weighted by atomic mass is 10.1. The molecule has 2 aromatic rings. The predicted octanol–water partition coefficient (Wildman–Crippen LogP) is 1.75.